The van der Waals surface area contributed by atoms with Crippen LogP contribution in [-0.4, -0.2) is 28.7 Å². The van der Waals surface area contributed by atoms with Gasteiger partial charge >= 0.3 is 0 Å². The highest BCUT2D eigenvalue weighted by molar-refractivity contribution is 8.00. The summed E-state index contributed by atoms with van der Waals surface area (Å²) in [5, 5.41) is 6.12. The van der Waals surface area contributed by atoms with E-state index in [0.717, 1.165) is 55.3 Å². The molecule has 0 bridgehead atoms. The first kappa shape index (κ1) is 33.3. The Kier molecular flexibility index (Phi) is 7.14. The average Bonchev–Trinajstić information content (AvgIpc) is 3.96. The fraction of sp³-hybridized carbons (Fsp3) is 0. The van der Waals surface area contributed by atoms with Crippen molar-refractivity contribution in [2.24, 2.45) is 0 Å². The summed E-state index contributed by atoms with van der Waals surface area (Å²) in [5.41, 5.74) is 12.0. The molecule has 12 aromatic rings. The van der Waals surface area contributed by atoms with Crippen molar-refractivity contribution in [3.05, 3.63) is 194 Å². The number of benzene rings is 8. The summed E-state index contributed by atoms with van der Waals surface area (Å²) in [6.45, 7) is 0. The fourth-order valence-corrected chi connectivity index (χ4v) is 10.5. The van der Waals surface area contributed by atoms with Crippen molar-refractivity contribution < 1.29 is 0 Å². The number of hydrogen-bond acceptors (Lipinski definition) is 4. The molecule has 5 heterocycles. The predicted molar refractivity (Wildman–Crippen MR) is 246 cm³/mol. The zero-order valence-corrected chi connectivity index (χ0v) is 32.9. The van der Waals surface area contributed by atoms with E-state index in [1.54, 1.807) is 11.8 Å². The van der Waals surface area contributed by atoms with Gasteiger partial charge in [-0.2, -0.15) is 0 Å². The highest BCUT2D eigenvalue weighted by atomic mass is 32.2. The van der Waals surface area contributed by atoms with E-state index in [2.05, 4.69) is 190 Å². The second-order valence-electron chi connectivity index (χ2n) is 15.2. The first-order chi connectivity index (χ1) is 29.8. The number of fused-ring (bicyclic) bond motifs is 10. The van der Waals surface area contributed by atoms with Crippen molar-refractivity contribution in [2.45, 2.75) is 9.79 Å². The Hall–Kier alpha value is -7.74. The molecule has 0 aliphatic carbocycles. The Morgan fingerprint density at radius 2 is 0.967 bits per heavy atom. The molecule has 0 fully saturated rings. The standard InChI is InChI=1S/C53H32N6S/c1-4-16-33(17-5-1)50-54-51(34-30-31-38-37-22-10-12-26-42(37)57(45(38)32-34)35-18-6-2-7-19-35)56-52(55-50)41-25-14-28-44-49(41)60-46-29-15-24-40-47-39-23-11-13-27-43(39)58(36-20-8-3-9-21-36)53(47)59(44)48(40)46/h1-32H. The second kappa shape index (κ2) is 12.9. The first-order valence-electron chi connectivity index (χ1n) is 20.1. The third-order valence-corrected chi connectivity index (χ3v) is 13.1. The van der Waals surface area contributed by atoms with Crippen LogP contribution in [0.4, 0.5) is 0 Å². The Morgan fingerprint density at radius 3 is 1.73 bits per heavy atom. The van der Waals surface area contributed by atoms with E-state index in [0.29, 0.717) is 17.5 Å². The van der Waals surface area contributed by atoms with Gasteiger partial charge in [0.1, 0.15) is 5.65 Å². The maximum absolute atomic E-state index is 5.37. The Labute approximate surface area is 348 Å². The molecule has 13 rings (SSSR count). The first-order valence-corrected chi connectivity index (χ1v) is 20.9. The number of para-hydroxylation sites is 5. The largest absolute Gasteiger partial charge is 0.309 e. The van der Waals surface area contributed by atoms with Crippen LogP contribution in [0.25, 0.3) is 106 Å². The van der Waals surface area contributed by atoms with Gasteiger partial charge in [0.25, 0.3) is 0 Å². The van der Waals surface area contributed by atoms with Gasteiger partial charge in [-0.05, 0) is 60.7 Å². The fourth-order valence-electron chi connectivity index (χ4n) is 9.32. The molecule has 8 aromatic carbocycles. The highest BCUT2D eigenvalue weighted by Gasteiger charge is 2.30. The van der Waals surface area contributed by atoms with Gasteiger partial charge in [0.15, 0.2) is 17.5 Å². The molecule has 0 atom stereocenters. The van der Waals surface area contributed by atoms with Crippen LogP contribution in [0.1, 0.15) is 0 Å². The summed E-state index contributed by atoms with van der Waals surface area (Å²) >= 11 is 1.80. The van der Waals surface area contributed by atoms with Gasteiger partial charge in [0.05, 0.1) is 27.8 Å². The van der Waals surface area contributed by atoms with Crippen molar-refractivity contribution in [1.82, 2.24) is 28.7 Å². The lowest BCUT2D eigenvalue weighted by Gasteiger charge is -2.23. The molecule has 0 spiro atoms. The molecule has 6 nitrogen and oxygen atoms in total. The van der Waals surface area contributed by atoms with Crippen LogP contribution in [0, 0.1) is 0 Å². The molecule has 0 unspecified atom stereocenters. The Balaban J connectivity index is 1.07. The second-order valence-corrected chi connectivity index (χ2v) is 16.3. The van der Waals surface area contributed by atoms with E-state index >= 15 is 0 Å². The van der Waals surface area contributed by atoms with Crippen LogP contribution >= 0.6 is 11.8 Å². The zero-order chi connectivity index (χ0) is 39.3. The van der Waals surface area contributed by atoms with Crippen LogP contribution in [0.5, 0.6) is 0 Å². The monoisotopic (exact) mass is 784 g/mol. The molecule has 1 aliphatic rings. The summed E-state index contributed by atoms with van der Waals surface area (Å²) in [4.78, 5) is 18.1. The van der Waals surface area contributed by atoms with Gasteiger partial charge in [0, 0.05) is 64.8 Å². The molecule has 0 saturated carbocycles. The molecule has 4 aromatic heterocycles. The van der Waals surface area contributed by atoms with E-state index in [1.807, 2.05) is 18.2 Å². The predicted octanol–water partition coefficient (Wildman–Crippen LogP) is 13.5. The highest BCUT2D eigenvalue weighted by Crippen LogP contribution is 2.51. The molecule has 0 N–H and O–H groups in total. The third kappa shape index (κ3) is 4.81. The summed E-state index contributed by atoms with van der Waals surface area (Å²) in [6.07, 6.45) is 0. The minimum absolute atomic E-state index is 0.624. The summed E-state index contributed by atoms with van der Waals surface area (Å²) in [6, 6.07) is 68.7. The van der Waals surface area contributed by atoms with Crippen LogP contribution in [0.2, 0.25) is 0 Å². The van der Waals surface area contributed by atoms with E-state index in [-0.39, 0.29) is 0 Å². The molecule has 0 radical (unpaired) electrons. The van der Waals surface area contributed by atoms with Crippen LogP contribution in [0.3, 0.4) is 0 Å². The molecular formula is C53H32N6S. The van der Waals surface area contributed by atoms with Gasteiger partial charge in [-0.1, -0.05) is 145 Å². The maximum atomic E-state index is 5.37. The Morgan fingerprint density at radius 1 is 0.383 bits per heavy atom. The van der Waals surface area contributed by atoms with Crippen molar-refractivity contribution in [3.63, 3.8) is 0 Å². The van der Waals surface area contributed by atoms with Crippen LogP contribution in [0.15, 0.2) is 204 Å². The molecule has 0 saturated heterocycles. The average molecular weight is 785 g/mol. The molecule has 7 heteroatoms. The van der Waals surface area contributed by atoms with Gasteiger partial charge in [0.2, 0.25) is 0 Å². The van der Waals surface area contributed by atoms with Crippen LogP contribution in [-0.2, 0) is 0 Å². The van der Waals surface area contributed by atoms with Gasteiger partial charge in [-0.25, -0.2) is 15.0 Å². The quantitative estimate of drug-likeness (QED) is 0.174. The number of aromatic nitrogens is 6. The lowest BCUT2D eigenvalue weighted by Crippen LogP contribution is -2.07. The maximum Gasteiger partial charge on any atom is 0.165 e. The van der Waals surface area contributed by atoms with Crippen molar-refractivity contribution in [3.8, 4) is 51.2 Å². The van der Waals surface area contributed by atoms with Crippen molar-refractivity contribution in [2.75, 3.05) is 0 Å². The number of hydrogen-bond donors (Lipinski definition) is 0. The van der Waals surface area contributed by atoms with Crippen molar-refractivity contribution in [1.29, 1.82) is 0 Å². The summed E-state index contributed by atoms with van der Waals surface area (Å²) < 4.78 is 7.22. The number of rotatable bonds is 5. The molecule has 1 aliphatic heterocycles. The zero-order valence-electron chi connectivity index (χ0n) is 32.1. The van der Waals surface area contributed by atoms with E-state index < -0.39 is 0 Å². The topological polar surface area (TPSA) is 53.5 Å². The summed E-state index contributed by atoms with van der Waals surface area (Å²) in [5.74, 6) is 1.89. The van der Waals surface area contributed by atoms with E-state index in [9.17, 15) is 0 Å². The third-order valence-electron chi connectivity index (χ3n) is 11.9. The molecule has 280 valence electrons. The summed E-state index contributed by atoms with van der Waals surface area (Å²) in [7, 11) is 0. The normalized spacial score (nSPS) is 12.3. The van der Waals surface area contributed by atoms with Crippen LogP contribution < -0.4 is 0 Å². The van der Waals surface area contributed by atoms with Gasteiger partial charge < -0.3 is 4.57 Å². The Bertz CT molecular complexity index is 3680. The van der Waals surface area contributed by atoms with Gasteiger partial charge in [-0.3, -0.25) is 9.13 Å². The molecule has 0 amide bonds. The van der Waals surface area contributed by atoms with E-state index in [1.165, 1.54) is 42.9 Å². The van der Waals surface area contributed by atoms with Crippen molar-refractivity contribution >= 4 is 66.4 Å². The minimum Gasteiger partial charge on any atom is -0.309 e. The number of nitrogens with zero attached hydrogens (tertiary/aromatic N) is 6. The molecule has 60 heavy (non-hydrogen) atoms. The lowest BCUT2D eigenvalue weighted by atomic mass is 10.1. The van der Waals surface area contributed by atoms with E-state index in [4.69, 9.17) is 15.0 Å². The lowest BCUT2D eigenvalue weighted by molar-refractivity contribution is 1.02. The minimum atomic E-state index is 0.624. The SMILES string of the molecule is c1ccc(-c2nc(-c3ccc4c5ccccc5n(-c5ccccc5)c4c3)nc(-c3cccc4c3Sc3cccc5c6c7ccccc7n(-c7ccccc7)c6n-4c35)n2)cc1. The van der Waals surface area contributed by atoms with Gasteiger partial charge in [-0.15, -0.1) is 0 Å². The smallest absolute Gasteiger partial charge is 0.165 e. The molecular weight excluding hydrogens is 753 g/mol.